The topological polar surface area (TPSA) is 48.0 Å². The minimum atomic E-state index is -4.90. The Bertz CT molecular complexity index is 908. The molecule has 156 valence electrons. The van der Waals surface area contributed by atoms with E-state index in [1.807, 2.05) is 0 Å². The molecule has 0 saturated carbocycles. The first-order valence-corrected chi connectivity index (χ1v) is 8.06. The fraction of sp³-hybridized carbons (Fsp3) is 0.278. The van der Waals surface area contributed by atoms with Crippen molar-refractivity contribution in [2.45, 2.75) is 25.8 Å². The molecule has 0 atom stereocenters. The molecule has 0 radical (unpaired) electrons. The average Bonchev–Trinajstić information content (AvgIpc) is 2.89. The zero-order valence-corrected chi connectivity index (χ0v) is 14.7. The van der Waals surface area contributed by atoms with Crippen molar-refractivity contribution >= 4 is 5.91 Å². The summed E-state index contributed by atoms with van der Waals surface area (Å²) in [5.74, 6) is -1.47. The third kappa shape index (κ3) is 5.04. The van der Waals surface area contributed by atoms with Crippen LogP contribution in [0.5, 0.6) is 17.2 Å². The molecule has 11 heteroatoms. The molecule has 1 aliphatic heterocycles. The molecule has 0 aliphatic carbocycles. The van der Waals surface area contributed by atoms with Crippen LogP contribution in [-0.2, 0) is 13.1 Å². The summed E-state index contributed by atoms with van der Waals surface area (Å²) in [5, 5.41) is 0. The number of nitrogens with zero attached hydrogens (tertiary/aromatic N) is 1. The van der Waals surface area contributed by atoms with Gasteiger partial charge in [-0.1, -0.05) is 12.1 Å². The maximum atomic E-state index is 12.6. The number of amides is 1. The van der Waals surface area contributed by atoms with Gasteiger partial charge >= 0.3 is 12.7 Å². The molecule has 5 nitrogen and oxygen atoms in total. The standard InChI is InChI=1S/C18H13F6NO4/c1-27-14-7-13(29-18(22,23)24)6-11-9-25(16(26)15(11)14)8-10-2-4-12(5-3-10)28-17(19,20)21/h2-7H,8-9H2,1H3. The van der Waals surface area contributed by atoms with Gasteiger partial charge in [-0.05, 0) is 29.3 Å². The van der Waals surface area contributed by atoms with Crippen LogP contribution in [0.25, 0.3) is 0 Å². The number of hydrogen-bond acceptors (Lipinski definition) is 4. The van der Waals surface area contributed by atoms with E-state index in [4.69, 9.17) is 4.74 Å². The molecular formula is C18H13F6NO4. The number of ether oxygens (including phenoxy) is 3. The van der Waals surface area contributed by atoms with E-state index in [0.717, 1.165) is 24.3 Å². The lowest BCUT2D eigenvalue weighted by molar-refractivity contribution is -0.275. The number of methoxy groups -OCH3 is 1. The van der Waals surface area contributed by atoms with Crippen LogP contribution in [-0.4, -0.2) is 30.6 Å². The van der Waals surface area contributed by atoms with E-state index in [-0.39, 0.29) is 30.0 Å². The number of hydrogen-bond donors (Lipinski definition) is 0. The Morgan fingerprint density at radius 1 is 0.931 bits per heavy atom. The molecule has 1 aliphatic rings. The summed E-state index contributed by atoms with van der Waals surface area (Å²) in [6.07, 6.45) is -9.72. The summed E-state index contributed by atoms with van der Waals surface area (Å²) in [6.45, 7) is 0.0127. The van der Waals surface area contributed by atoms with Gasteiger partial charge in [-0.25, -0.2) is 0 Å². The van der Waals surface area contributed by atoms with Crippen molar-refractivity contribution in [3.8, 4) is 17.2 Å². The highest BCUT2D eigenvalue weighted by molar-refractivity contribution is 6.01. The minimum absolute atomic E-state index is 0.0135. The maximum Gasteiger partial charge on any atom is 0.573 e. The fourth-order valence-corrected chi connectivity index (χ4v) is 2.95. The SMILES string of the molecule is COc1cc(OC(F)(F)F)cc2c1C(=O)N(Cc1ccc(OC(F)(F)F)cc1)C2. The molecule has 2 aromatic carbocycles. The average molecular weight is 421 g/mol. The van der Waals surface area contributed by atoms with Gasteiger partial charge in [0.2, 0.25) is 0 Å². The first kappa shape index (κ1) is 20.6. The fourth-order valence-electron chi connectivity index (χ4n) is 2.95. The van der Waals surface area contributed by atoms with Crippen molar-refractivity contribution in [1.82, 2.24) is 4.90 Å². The van der Waals surface area contributed by atoms with Gasteiger partial charge < -0.3 is 19.1 Å². The molecule has 1 heterocycles. The van der Waals surface area contributed by atoms with Gasteiger partial charge in [-0.3, -0.25) is 4.79 Å². The van der Waals surface area contributed by atoms with E-state index < -0.39 is 30.1 Å². The molecular weight excluding hydrogens is 408 g/mol. The van der Waals surface area contributed by atoms with E-state index in [2.05, 4.69) is 9.47 Å². The number of alkyl halides is 6. The van der Waals surface area contributed by atoms with Crippen molar-refractivity contribution in [1.29, 1.82) is 0 Å². The highest BCUT2D eigenvalue weighted by atomic mass is 19.4. The van der Waals surface area contributed by atoms with Crippen molar-refractivity contribution in [3.05, 3.63) is 53.1 Å². The number of carbonyl (C=O) groups is 1. The summed E-state index contributed by atoms with van der Waals surface area (Å²) in [4.78, 5) is 14.0. The molecule has 0 bridgehead atoms. The molecule has 0 aromatic heterocycles. The Balaban J connectivity index is 1.78. The van der Waals surface area contributed by atoms with Gasteiger partial charge in [-0.15, -0.1) is 26.3 Å². The van der Waals surface area contributed by atoms with Crippen molar-refractivity contribution in [2.24, 2.45) is 0 Å². The van der Waals surface area contributed by atoms with E-state index in [1.54, 1.807) is 0 Å². The predicted octanol–water partition coefficient (Wildman–Crippen LogP) is 4.65. The van der Waals surface area contributed by atoms with Gasteiger partial charge in [0.25, 0.3) is 5.91 Å². The summed E-state index contributed by atoms with van der Waals surface area (Å²) < 4.78 is 86.8. The minimum Gasteiger partial charge on any atom is -0.496 e. The first-order chi connectivity index (χ1) is 13.4. The first-order valence-electron chi connectivity index (χ1n) is 8.06. The van der Waals surface area contributed by atoms with E-state index in [0.29, 0.717) is 5.56 Å². The summed E-state index contributed by atoms with van der Waals surface area (Å²) in [7, 11) is 1.21. The second-order valence-electron chi connectivity index (χ2n) is 6.06. The lowest BCUT2D eigenvalue weighted by Gasteiger charge is -2.16. The lowest BCUT2D eigenvalue weighted by Crippen LogP contribution is -2.23. The van der Waals surface area contributed by atoms with Crippen LogP contribution in [0.4, 0.5) is 26.3 Å². The highest BCUT2D eigenvalue weighted by Gasteiger charge is 2.35. The van der Waals surface area contributed by atoms with Crippen molar-refractivity contribution in [2.75, 3.05) is 7.11 Å². The van der Waals surface area contributed by atoms with Crippen LogP contribution >= 0.6 is 0 Å². The Hall–Kier alpha value is -3.11. The summed E-state index contributed by atoms with van der Waals surface area (Å²) >= 11 is 0. The second-order valence-corrected chi connectivity index (χ2v) is 6.06. The van der Waals surface area contributed by atoms with Crippen molar-refractivity contribution in [3.63, 3.8) is 0 Å². The van der Waals surface area contributed by atoms with Gasteiger partial charge in [0.1, 0.15) is 17.2 Å². The normalized spacial score (nSPS) is 14.0. The highest BCUT2D eigenvalue weighted by Crippen LogP contribution is 2.37. The van der Waals surface area contributed by atoms with Crippen LogP contribution < -0.4 is 14.2 Å². The zero-order chi connectivity index (χ0) is 21.4. The predicted molar refractivity (Wildman–Crippen MR) is 86.4 cm³/mol. The van der Waals surface area contributed by atoms with Gasteiger partial charge in [0.05, 0.1) is 12.7 Å². The third-order valence-electron chi connectivity index (χ3n) is 4.00. The van der Waals surface area contributed by atoms with Crippen LogP contribution in [0.1, 0.15) is 21.5 Å². The lowest BCUT2D eigenvalue weighted by atomic mass is 10.1. The largest absolute Gasteiger partial charge is 0.573 e. The number of fused-ring (bicyclic) bond motifs is 1. The second kappa shape index (κ2) is 7.37. The Labute approximate surface area is 160 Å². The van der Waals surface area contributed by atoms with Gasteiger partial charge in [-0.2, -0.15) is 0 Å². The Kier molecular flexibility index (Phi) is 5.24. The smallest absolute Gasteiger partial charge is 0.496 e. The molecule has 3 rings (SSSR count). The third-order valence-corrected chi connectivity index (χ3v) is 4.00. The molecule has 0 N–H and O–H groups in total. The van der Waals surface area contributed by atoms with Gasteiger partial charge in [0.15, 0.2) is 0 Å². The monoisotopic (exact) mass is 421 g/mol. The van der Waals surface area contributed by atoms with Crippen LogP contribution in [0.2, 0.25) is 0 Å². The van der Waals surface area contributed by atoms with E-state index in [9.17, 15) is 31.1 Å². The molecule has 0 fully saturated rings. The number of carbonyl (C=O) groups excluding carboxylic acids is 1. The Morgan fingerprint density at radius 3 is 2.07 bits per heavy atom. The quantitative estimate of drug-likeness (QED) is 0.660. The molecule has 0 unspecified atom stereocenters. The number of rotatable bonds is 5. The molecule has 0 saturated heterocycles. The summed E-state index contributed by atoms with van der Waals surface area (Å²) in [5.41, 5.74) is 0.899. The maximum absolute atomic E-state index is 12.6. The summed E-state index contributed by atoms with van der Waals surface area (Å²) in [6, 6.07) is 6.98. The molecule has 0 spiro atoms. The zero-order valence-electron chi connectivity index (χ0n) is 14.7. The van der Waals surface area contributed by atoms with E-state index in [1.165, 1.54) is 24.1 Å². The van der Waals surface area contributed by atoms with Crippen LogP contribution in [0, 0.1) is 0 Å². The Morgan fingerprint density at radius 2 is 1.52 bits per heavy atom. The van der Waals surface area contributed by atoms with Crippen LogP contribution in [0.15, 0.2) is 36.4 Å². The molecule has 1 amide bonds. The number of benzene rings is 2. The number of halogens is 6. The molecule has 2 aromatic rings. The van der Waals surface area contributed by atoms with Crippen molar-refractivity contribution < 1.29 is 45.3 Å². The van der Waals surface area contributed by atoms with E-state index >= 15 is 0 Å². The molecule has 29 heavy (non-hydrogen) atoms. The van der Waals surface area contributed by atoms with Gasteiger partial charge in [0, 0.05) is 19.2 Å². The van der Waals surface area contributed by atoms with Crippen LogP contribution in [0.3, 0.4) is 0 Å².